The van der Waals surface area contributed by atoms with Gasteiger partial charge in [0.15, 0.2) is 11.8 Å². The Kier molecular flexibility index (Phi) is 6.96. The summed E-state index contributed by atoms with van der Waals surface area (Å²) >= 11 is 5.96. The van der Waals surface area contributed by atoms with Crippen molar-refractivity contribution in [3.63, 3.8) is 0 Å². The Hall–Kier alpha value is -4.05. The zero-order valence-corrected chi connectivity index (χ0v) is 17.5. The Morgan fingerprint density at radius 2 is 1.91 bits per heavy atom. The van der Waals surface area contributed by atoms with Gasteiger partial charge in [0.2, 0.25) is 0 Å². The lowest BCUT2D eigenvalue weighted by molar-refractivity contribution is -0.384. The number of halogens is 1. The van der Waals surface area contributed by atoms with Crippen molar-refractivity contribution in [2.45, 2.75) is 19.6 Å². The number of nitro groups is 1. The number of nitrogens with zero attached hydrogens (tertiary/aromatic N) is 3. The van der Waals surface area contributed by atoms with E-state index < -0.39 is 28.5 Å². The van der Waals surface area contributed by atoms with Gasteiger partial charge in [0, 0.05) is 18.2 Å². The van der Waals surface area contributed by atoms with E-state index in [-0.39, 0.29) is 28.6 Å². The molecule has 0 spiro atoms. The van der Waals surface area contributed by atoms with Crippen LogP contribution in [0.25, 0.3) is 0 Å². The van der Waals surface area contributed by atoms with Crippen LogP contribution < -0.4 is 10.9 Å². The molecule has 0 aliphatic heterocycles. The highest BCUT2D eigenvalue weighted by Gasteiger charge is 2.22. The van der Waals surface area contributed by atoms with Crippen LogP contribution in [0.5, 0.6) is 0 Å². The van der Waals surface area contributed by atoms with Crippen molar-refractivity contribution in [1.29, 1.82) is 0 Å². The van der Waals surface area contributed by atoms with Gasteiger partial charge in [-0.15, -0.1) is 0 Å². The Labute approximate surface area is 186 Å². The maximum atomic E-state index is 12.4. The van der Waals surface area contributed by atoms with Crippen LogP contribution >= 0.6 is 11.6 Å². The smallest absolute Gasteiger partial charge is 0.359 e. The summed E-state index contributed by atoms with van der Waals surface area (Å²) < 4.78 is 6.24. The highest BCUT2D eigenvalue weighted by molar-refractivity contribution is 6.33. The molecule has 1 aromatic heterocycles. The molecule has 2 aromatic carbocycles. The van der Waals surface area contributed by atoms with Gasteiger partial charge in [0.25, 0.3) is 17.2 Å². The van der Waals surface area contributed by atoms with E-state index in [0.29, 0.717) is 0 Å². The second kappa shape index (κ2) is 9.84. The van der Waals surface area contributed by atoms with Crippen molar-refractivity contribution in [1.82, 2.24) is 9.78 Å². The van der Waals surface area contributed by atoms with Crippen molar-refractivity contribution < 1.29 is 19.2 Å². The Morgan fingerprint density at radius 3 is 2.59 bits per heavy atom. The third kappa shape index (κ3) is 5.55. The Bertz CT molecular complexity index is 1230. The van der Waals surface area contributed by atoms with Crippen LogP contribution in [0, 0.1) is 10.1 Å². The molecule has 32 heavy (non-hydrogen) atoms. The molecule has 3 aromatic rings. The molecule has 1 heterocycles. The van der Waals surface area contributed by atoms with Crippen LogP contribution in [-0.4, -0.2) is 32.7 Å². The number of non-ortho nitro benzene ring substituents is 1. The number of aromatic nitrogens is 2. The number of nitrogens with one attached hydrogen (secondary N) is 1. The highest BCUT2D eigenvalue weighted by atomic mass is 35.5. The molecule has 0 saturated heterocycles. The molecule has 1 amide bonds. The van der Waals surface area contributed by atoms with Crippen LogP contribution in [-0.2, 0) is 16.1 Å². The lowest BCUT2D eigenvalue weighted by atomic mass is 10.2. The van der Waals surface area contributed by atoms with Gasteiger partial charge in [-0.2, -0.15) is 5.10 Å². The minimum absolute atomic E-state index is 0.00306. The number of nitro benzene ring substituents is 1. The third-order valence-corrected chi connectivity index (χ3v) is 4.65. The molecule has 0 bridgehead atoms. The van der Waals surface area contributed by atoms with E-state index in [1.807, 2.05) is 30.3 Å². The van der Waals surface area contributed by atoms with Gasteiger partial charge in [-0.3, -0.25) is 19.7 Å². The minimum Gasteiger partial charge on any atom is -0.448 e. The Balaban J connectivity index is 1.69. The number of hydrogen-bond acceptors (Lipinski definition) is 7. The van der Waals surface area contributed by atoms with Crippen molar-refractivity contribution >= 4 is 34.9 Å². The first-order valence-corrected chi connectivity index (χ1v) is 9.70. The SMILES string of the molecule is C[C@H](OC(=O)c1ccc(=O)n(Cc2ccccc2)n1)C(=O)Nc1cc([N+](=O)[O-])ccc1Cl. The van der Waals surface area contributed by atoms with E-state index in [9.17, 15) is 24.5 Å². The van der Waals surface area contributed by atoms with Gasteiger partial charge < -0.3 is 10.1 Å². The average molecular weight is 457 g/mol. The molecule has 1 atom stereocenters. The van der Waals surface area contributed by atoms with E-state index in [0.717, 1.165) is 16.3 Å². The molecule has 0 saturated carbocycles. The first-order valence-electron chi connectivity index (χ1n) is 9.32. The van der Waals surface area contributed by atoms with Crippen LogP contribution in [0.15, 0.2) is 65.5 Å². The fourth-order valence-corrected chi connectivity index (χ4v) is 2.82. The van der Waals surface area contributed by atoms with Gasteiger partial charge in [0.05, 0.1) is 22.2 Å². The molecule has 1 N–H and O–H groups in total. The number of hydrogen-bond donors (Lipinski definition) is 1. The number of ether oxygens (including phenoxy) is 1. The summed E-state index contributed by atoms with van der Waals surface area (Å²) in [6.45, 7) is 1.47. The van der Waals surface area contributed by atoms with E-state index in [4.69, 9.17) is 16.3 Å². The third-order valence-electron chi connectivity index (χ3n) is 4.32. The Morgan fingerprint density at radius 1 is 1.19 bits per heavy atom. The van der Waals surface area contributed by atoms with Gasteiger partial charge in [-0.25, -0.2) is 9.48 Å². The molecule has 0 unspecified atom stereocenters. The second-order valence-electron chi connectivity index (χ2n) is 6.66. The fourth-order valence-electron chi connectivity index (χ4n) is 2.66. The van der Waals surface area contributed by atoms with E-state index in [1.54, 1.807) is 0 Å². The van der Waals surface area contributed by atoms with Crippen LogP contribution in [0.2, 0.25) is 5.02 Å². The number of carbonyl (C=O) groups is 2. The monoisotopic (exact) mass is 456 g/mol. The normalized spacial score (nSPS) is 11.4. The molecule has 3 rings (SSSR count). The lowest BCUT2D eigenvalue weighted by Crippen LogP contribution is -2.31. The van der Waals surface area contributed by atoms with E-state index in [1.165, 1.54) is 31.2 Å². The standard InChI is InChI=1S/C21H17ClN4O6/c1-13(20(28)23-18-11-15(26(30)31)7-8-16(18)22)32-21(29)17-9-10-19(27)25(24-17)12-14-5-3-2-4-6-14/h2-11,13H,12H2,1H3,(H,23,28)/t13-/m0/s1. The van der Waals surface area contributed by atoms with Gasteiger partial charge in [0.1, 0.15) is 0 Å². The molecular formula is C21H17ClN4O6. The summed E-state index contributed by atoms with van der Waals surface area (Å²) in [6, 6.07) is 15.0. The zero-order valence-electron chi connectivity index (χ0n) is 16.7. The second-order valence-corrected chi connectivity index (χ2v) is 7.07. The number of esters is 1. The van der Waals surface area contributed by atoms with Crippen LogP contribution in [0.3, 0.4) is 0 Å². The fraction of sp³-hybridized carbons (Fsp3) is 0.143. The summed E-state index contributed by atoms with van der Waals surface area (Å²) in [5.41, 5.74) is -0.0122. The first kappa shape index (κ1) is 22.6. The number of benzene rings is 2. The average Bonchev–Trinajstić information content (AvgIpc) is 2.77. The maximum Gasteiger partial charge on any atom is 0.359 e. The van der Waals surface area contributed by atoms with Gasteiger partial charge in [-0.1, -0.05) is 41.9 Å². The summed E-state index contributed by atoms with van der Waals surface area (Å²) in [4.78, 5) is 47.2. The lowest BCUT2D eigenvalue weighted by Gasteiger charge is -2.14. The zero-order chi connectivity index (χ0) is 23.3. The van der Waals surface area contributed by atoms with Crippen molar-refractivity contribution in [3.05, 3.63) is 97.4 Å². The van der Waals surface area contributed by atoms with Crippen LogP contribution in [0.1, 0.15) is 23.0 Å². The summed E-state index contributed by atoms with van der Waals surface area (Å²) in [5.74, 6) is -1.67. The highest BCUT2D eigenvalue weighted by Crippen LogP contribution is 2.26. The predicted molar refractivity (Wildman–Crippen MR) is 116 cm³/mol. The molecular weight excluding hydrogens is 440 g/mol. The summed E-state index contributed by atoms with van der Waals surface area (Å²) in [6.07, 6.45) is -1.27. The quantitative estimate of drug-likeness (QED) is 0.328. The number of rotatable bonds is 7. The van der Waals surface area contributed by atoms with Gasteiger partial charge >= 0.3 is 5.97 Å². The summed E-state index contributed by atoms with van der Waals surface area (Å²) in [5, 5.41) is 17.4. The number of amides is 1. The van der Waals surface area contributed by atoms with Crippen molar-refractivity contribution in [3.8, 4) is 0 Å². The minimum atomic E-state index is -1.27. The summed E-state index contributed by atoms with van der Waals surface area (Å²) in [7, 11) is 0. The molecule has 0 fully saturated rings. The van der Waals surface area contributed by atoms with E-state index in [2.05, 4.69) is 10.4 Å². The molecule has 0 aliphatic rings. The topological polar surface area (TPSA) is 133 Å². The maximum absolute atomic E-state index is 12.4. The molecule has 11 heteroatoms. The molecule has 164 valence electrons. The van der Waals surface area contributed by atoms with E-state index >= 15 is 0 Å². The van der Waals surface area contributed by atoms with Crippen LogP contribution in [0.4, 0.5) is 11.4 Å². The molecule has 0 radical (unpaired) electrons. The number of anilines is 1. The molecule has 10 nitrogen and oxygen atoms in total. The predicted octanol–water partition coefficient (Wildman–Crippen LogP) is 3.04. The first-order chi connectivity index (χ1) is 15.2. The molecule has 0 aliphatic carbocycles. The van der Waals surface area contributed by atoms with Crippen molar-refractivity contribution in [2.24, 2.45) is 0 Å². The number of carbonyl (C=O) groups excluding carboxylic acids is 2. The van der Waals surface area contributed by atoms with Gasteiger partial charge in [-0.05, 0) is 24.6 Å². The van der Waals surface area contributed by atoms with Crippen molar-refractivity contribution in [2.75, 3.05) is 5.32 Å². The largest absolute Gasteiger partial charge is 0.448 e.